The minimum Gasteiger partial charge on any atom is -0.480 e. The second-order valence-corrected chi connectivity index (χ2v) is 5.08. The van der Waals surface area contributed by atoms with Crippen LogP contribution in [0.15, 0.2) is 17.5 Å². The van der Waals surface area contributed by atoms with E-state index in [-0.39, 0.29) is 12.6 Å². The van der Waals surface area contributed by atoms with Crippen molar-refractivity contribution in [1.82, 2.24) is 10.2 Å². The third-order valence-corrected chi connectivity index (χ3v) is 3.83. The first kappa shape index (κ1) is 15.5. The summed E-state index contributed by atoms with van der Waals surface area (Å²) >= 11 is 1.55. The average molecular weight is 286 g/mol. The van der Waals surface area contributed by atoms with Gasteiger partial charge in [-0.2, -0.15) is 0 Å². The second kappa shape index (κ2) is 7.10. The van der Waals surface area contributed by atoms with Gasteiger partial charge in [-0.25, -0.2) is 9.59 Å². The summed E-state index contributed by atoms with van der Waals surface area (Å²) in [7, 11) is 3.02. The summed E-state index contributed by atoms with van der Waals surface area (Å²) in [6.07, 6.45) is 0. The van der Waals surface area contributed by atoms with Crippen LogP contribution in [0.25, 0.3) is 0 Å². The van der Waals surface area contributed by atoms with E-state index in [9.17, 15) is 9.59 Å². The van der Waals surface area contributed by atoms with E-state index in [1.807, 2.05) is 24.4 Å². The van der Waals surface area contributed by atoms with E-state index < -0.39 is 18.0 Å². The third-order valence-electron chi connectivity index (χ3n) is 2.79. The summed E-state index contributed by atoms with van der Waals surface area (Å²) in [4.78, 5) is 25.4. The molecule has 1 aromatic heterocycles. The van der Waals surface area contributed by atoms with Gasteiger partial charge in [-0.3, -0.25) is 0 Å². The molecule has 1 rings (SSSR count). The maximum absolute atomic E-state index is 12.0. The first-order valence-electron chi connectivity index (χ1n) is 5.75. The standard InChI is InChI=1S/C12H18N2O4S/c1-8(10-5-4-6-19-10)14(2)12(17)13-9(7-18-3)11(15)16/h4-6,8-9H,7H2,1-3H3,(H,13,17)(H,15,16). The number of hydrogen-bond acceptors (Lipinski definition) is 4. The molecule has 0 bridgehead atoms. The molecule has 106 valence electrons. The number of nitrogens with zero attached hydrogens (tertiary/aromatic N) is 1. The highest BCUT2D eigenvalue weighted by molar-refractivity contribution is 7.10. The quantitative estimate of drug-likeness (QED) is 0.831. The number of carboxylic acid groups (broad SMARTS) is 1. The van der Waals surface area contributed by atoms with Crippen molar-refractivity contribution in [3.63, 3.8) is 0 Å². The van der Waals surface area contributed by atoms with Crippen LogP contribution in [0.1, 0.15) is 17.8 Å². The Labute approximate surface area is 116 Å². The van der Waals surface area contributed by atoms with Crippen molar-refractivity contribution in [3.8, 4) is 0 Å². The van der Waals surface area contributed by atoms with Gasteiger partial charge in [0, 0.05) is 19.0 Å². The smallest absolute Gasteiger partial charge is 0.328 e. The zero-order valence-electron chi connectivity index (χ0n) is 11.1. The van der Waals surface area contributed by atoms with Crippen LogP contribution in [0.4, 0.5) is 4.79 Å². The van der Waals surface area contributed by atoms with Gasteiger partial charge in [0.15, 0.2) is 6.04 Å². The summed E-state index contributed by atoms with van der Waals surface area (Å²) in [5, 5.41) is 13.3. The highest BCUT2D eigenvalue weighted by atomic mass is 32.1. The fraction of sp³-hybridized carbons (Fsp3) is 0.500. The van der Waals surface area contributed by atoms with Crippen LogP contribution in [0.2, 0.25) is 0 Å². The summed E-state index contributed by atoms with van der Waals surface area (Å²) < 4.78 is 4.77. The lowest BCUT2D eigenvalue weighted by molar-refractivity contribution is -0.140. The van der Waals surface area contributed by atoms with Crippen LogP contribution in [0.3, 0.4) is 0 Å². The number of aliphatic carboxylic acids is 1. The molecule has 0 spiro atoms. The Morgan fingerprint density at radius 2 is 2.26 bits per heavy atom. The van der Waals surface area contributed by atoms with Crippen molar-refractivity contribution in [1.29, 1.82) is 0 Å². The van der Waals surface area contributed by atoms with Gasteiger partial charge in [-0.05, 0) is 18.4 Å². The van der Waals surface area contributed by atoms with E-state index in [0.29, 0.717) is 0 Å². The third kappa shape index (κ3) is 4.22. The number of urea groups is 1. The predicted molar refractivity (Wildman–Crippen MR) is 72.3 cm³/mol. The average Bonchev–Trinajstić information content (AvgIpc) is 2.89. The van der Waals surface area contributed by atoms with Gasteiger partial charge < -0.3 is 20.1 Å². The van der Waals surface area contributed by atoms with Crippen molar-refractivity contribution in [2.45, 2.75) is 19.0 Å². The molecule has 1 aromatic rings. The largest absolute Gasteiger partial charge is 0.480 e. The minimum atomic E-state index is -1.12. The first-order valence-corrected chi connectivity index (χ1v) is 6.63. The fourth-order valence-corrected chi connectivity index (χ4v) is 2.31. The Morgan fingerprint density at radius 3 is 2.74 bits per heavy atom. The zero-order chi connectivity index (χ0) is 14.4. The highest BCUT2D eigenvalue weighted by Gasteiger charge is 2.24. The molecule has 0 saturated carbocycles. The molecule has 0 aromatic carbocycles. The van der Waals surface area contributed by atoms with Gasteiger partial charge in [-0.15, -0.1) is 11.3 Å². The van der Waals surface area contributed by atoms with Crippen LogP contribution < -0.4 is 5.32 Å². The Kier molecular flexibility index (Phi) is 5.78. The molecule has 2 N–H and O–H groups in total. The molecular weight excluding hydrogens is 268 g/mol. The molecule has 2 atom stereocenters. The maximum Gasteiger partial charge on any atom is 0.328 e. The molecule has 0 saturated heterocycles. The number of rotatable bonds is 6. The van der Waals surface area contributed by atoms with Crippen LogP contribution in [-0.4, -0.2) is 48.8 Å². The number of amides is 2. The van der Waals surface area contributed by atoms with E-state index in [4.69, 9.17) is 9.84 Å². The van der Waals surface area contributed by atoms with E-state index in [0.717, 1.165) is 4.88 Å². The molecule has 7 heteroatoms. The molecule has 1 heterocycles. The van der Waals surface area contributed by atoms with Crippen LogP contribution in [0, 0.1) is 0 Å². The summed E-state index contributed by atoms with van der Waals surface area (Å²) in [5.41, 5.74) is 0. The maximum atomic E-state index is 12.0. The van der Waals surface area contributed by atoms with E-state index >= 15 is 0 Å². The molecule has 0 radical (unpaired) electrons. The van der Waals surface area contributed by atoms with Gasteiger partial charge in [0.2, 0.25) is 0 Å². The number of thiophene rings is 1. The van der Waals surface area contributed by atoms with Gasteiger partial charge >= 0.3 is 12.0 Å². The topological polar surface area (TPSA) is 78.9 Å². The Hall–Kier alpha value is -1.60. The van der Waals surface area contributed by atoms with Gasteiger partial charge in [0.25, 0.3) is 0 Å². The lowest BCUT2D eigenvalue weighted by Crippen LogP contribution is -2.49. The summed E-state index contributed by atoms with van der Waals surface area (Å²) in [6, 6.07) is 2.24. The molecule has 0 fully saturated rings. The lowest BCUT2D eigenvalue weighted by Gasteiger charge is -2.26. The van der Waals surface area contributed by atoms with E-state index in [2.05, 4.69) is 5.32 Å². The summed E-state index contributed by atoms with van der Waals surface area (Å²) in [6.45, 7) is 1.82. The number of carbonyl (C=O) groups is 2. The van der Waals surface area contributed by atoms with E-state index in [1.54, 1.807) is 18.4 Å². The molecule has 0 aliphatic rings. The molecule has 2 unspecified atom stereocenters. The Bertz CT molecular complexity index is 421. The van der Waals surface area contributed by atoms with Gasteiger partial charge in [0.1, 0.15) is 0 Å². The lowest BCUT2D eigenvalue weighted by atomic mass is 10.2. The highest BCUT2D eigenvalue weighted by Crippen LogP contribution is 2.23. The first-order chi connectivity index (χ1) is 8.97. The number of carboxylic acids is 1. The predicted octanol–water partition coefficient (Wildman–Crippen LogP) is 1.55. The van der Waals surface area contributed by atoms with Gasteiger partial charge in [0.05, 0.1) is 12.6 Å². The van der Waals surface area contributed by atoms with Crippen LogP contribution in [-0.2, 0) is 9.53 Å². The molecule has 0 aliphatic carbocycles. The zero-order valence-corrected chi connectivity index (χ0v) is 11.9. The summed E-state index contributed by atoms with van der Waals surface area (Å²) in [5.74, 6) is -1.12. The van der Waals surface area contributed by atoms with Crippen LogP contribution in [0.5, 0.6) is 0 Å². The Morgan fingerprint density at radius 1 is 1.58 bits per heavy atom. The monoisotopic (exact) mass is 286 g/mol. The molecular formula is C12H18N2O4S. The van der Waals surface area contributed by atoms with Crippen molar-refractivity contribution in [2.75, 3.05) is 20.8 Å². The fourth-order valence-electron chi connectivity index (χ4n) is 1.49. The minimum absolute atomic E-state index is 0.0672. The number of ether oxygens (including phenoxy) is 1. The SMILES string of the molecule is COCC(NC(=O)N(C)C(C)c1cccs1)C(=O)O. The van der Waals surface area contributed by atoms with Crippen molar-refractivity contribution in [2.24, 2.45) is 0 Å². The Balaban J connectivity index is 2.63. The number of carbonyl (C=O) groups excluding carboxylic acids is 1. The van der Waals surface area contributed by atoms with Crippen molar-refractivity contribution >= 4 is 23.3 Å². The number of methoxy groups -OCH3 is 1. The normalized spacial score (nSPS) is 13.6. The second-order valence-electron chi connectivity index (χ2n) is 4.10. The molecule has 6 nitrogen and oxygen atoms in total. The number of nitrogens with one attached hydrogen (secondary N) is 1. The van der Waals surface area contributed by atoms with Crippen LogP contribution >= 0.6 is 11.3 Å². The molecule has 2 amide bonds. The van der Waals surface area contributed by atoms with Gasteiger partial charge in [-0.1, -0.05) is 6.07 Å². The van der Waals surface area contributed by atoms with Crippen molar-refractivity contribution < 1.29 is 19.4 Å². The molecule has 0 aliphatic heterocycles. The molecule has 19 heavy (non-hydrogen) atoms. The van der Waals surface area contributed by atoms with E-state index in [1.165, 1.54) is 12.0 Å². The number of hydrogen-bond donors (Lipinski definition) is 2. The van der Waals surface area contributed by atoms with Crippen molar-refractivity contribution in [3.05, 3.63) is 22.4 Å².